The topological polar surface area (TPSA) is 35.0 Å². The molecule has 0 amide bonds. The lowest BCUT2D eigenvalue weighted by atomic mass is 10.1. The number of aromatic nitrogens is 2. The van der Waals surface area contributed by atoms with Crippen LogP contribution in [0.5, 0.6) is 5.75 Å². The lowest BCUT2D eigenvalue weighted by Gasteiger charge is -2.15. The van der Waals surface area contributed by atoms with Crippen LogP contribution in [0.25, 0.3) is 11.3 Å². The van der Waals surface area contributed by atoms with Crippen molar-refractivity contribution in [3.05, 3.63) is 39.4 Å². The number of alkyl halides is 6. The Labute approximate surface area is 146 Å². The number of nitrogens with zero attached hydrogens (tertiary/aromatic N) is 2. The molecule has 0 radical (unpaired) electrons. The largest absolute Gasteiger partial charge is 0.493 e. The Bertz CT molecular complexity index is 745. The molecule has 0 atom stereocenters. The van der Waals surface area contributed by atoms with E-state index < -0.39 is 29.4 Å². The first kappa shape index (κ1) is 18.7. The lowest BCUT2D eigenvalue weighted by molar-refractivity contribution is -0.141. The summed E-state index contributed by atoms with van der Waals surface area (Å²) in [5.74, 6) is -0.468. The van der Waals surface area contributed by atoms with E-state index in [1.807, 2.05) is 0 Å². The van der Waals surface area contributed by atoms with Gasteiger partial charge >= 0.3 is 12.4 Å². The summed E-state index contributed by atoms with van der Waals surface area (Å²) in [6.45, 7) is 1.48. The van der Waals surface area contributed by atoms with Gasteiger partial charge in [-0.1, -0.05) is 6.07 Å². The Kier molecular flexibility index (Phi) is 5.25. The summed E-state index contributed by atoms with van der Waals surface area (Å²) in [6, 6.07) is 3.50. The van der Waals surface area contributed by atoms with E-state index >= 15 is 0 Å². The number of hydrogen-bond donors (Lipinski definition) is 0. The summed E-state index contributed by atoms with van der Waals surface area (Å²) in [4.78, 5) is 7.13. The first-order valence-corrected chi connectivity index (χ1v) is 7.56. The van der Waals surface area contributed by atoms with Crippen molar-refractivity contribution >= 4 is 22.6 Å². The van der Waals surface area contributed by atoms with Crippen molar-refractivity contribution in [2.45, 2.75) is 19.3 Å². The molecule has 0 N–H and O–H groups in total. The van der Waals surface area contributed by atoms with Crippen molar-refractivity contribution in [3.63, 3.8) is 0 Å². The van der Waals surface area contributed by atoms with Gasteiger partial charge < -0.3 is 4.74 Å². The molecule has 10 heteroatoms. The van der Waals surface area contributed by atoms with Crippen molar-refractivity contribution in [2.75, 3.05) is 6.61 Å². The molecule has 0 bridgehead atoms. The monoisotopic (exact) mass is 462 g/mol. The van der Waals surface area contributed by atoms with Gasteiger partial charge in [-0.25, -0.2) is 9.97 Å². The van der Waals surface area contributed by atoms with E-state index in [0.717, 1.165) is 18.2 Å². The Morgan fingerprint density at radius 2 is 1.67 bits per heavy atom. The van der Waals surface area contributed by atoms with E-state index in [1.54, 1.807) is 0 Å². The van der Waals surface area contributed by atoms with Crippen LogP contribution in [0.15, 0.2) is 24.3 Å². The maximum atomic E-state index is 12.9. The average molecular weight is 462 g/mol. The molecule has 0 unspecified atom stereocenters. The zero-order chi connectivity index (χ0) is 18.1. The highest BCUT2D eigenvalue weighted by atomic mass is 127. The number of ether oxygens (including phenoxy) is 1. The van der Waals surface area contributed by atoms with Crippen LogP contribution in [0.4, 0.5) is 26.3 Å². The molecule has 24 heavy (non-hydrogen) atoms. The molecular weight excluding hydrogens is 453 g/mol. The Morgan fingerprint density at radius 1 is 1.00 bits per heavy atom. The normalized spacial score (nSPS) is 12.3. The van der Waals surface area contributed by atoms with Gasteiger partial charge in [0.1, 0.15) is 11.4 Å². The van der Waals surface area contributed by atoms with Crippen molar-refractivity contribution in [3.8, 4) is 17.0 Å². The molecule has 0 aliphatic rings. The minimum atomic E-state index is -4.69. The van der Waals surface area contributed by atoms with Crippen molar-refractivity contribution in [1.82, 2.24) is 9.97 Å². The van der Waals surface area contributed by atoms with Crippen LogP contribution in [0.1, 0.15) is 18.2 Å². The van der Waals surface area contributed by atoms with E-state index in [-0.39, 0.29) is 21.7 Å². The fraction of sp³-hybridized carbons (Fsp3) is 0.286. The summed E-state index contributed by atoms with van der Waals surface area (Å²) >= 11 is 1.51. The van der Waals surface area contributed by atoms with Gasteiger partial charge in [-0.2, -0.15) is 26.3 Å². The van der Waals surface area contributed by atoms with Gasteiger partial charge in [0.25, 0.3) is 0 Å². The highest BCUT2D eigenvalue weighted by Gasteiger charge is 2.35. The number of rotatable bonds is 3. The van der Waals surface area contributed by atoms with E-state index in [2.05, 4.69) is 9.97 Å². The molecule has 1 aromatic carbocycles. The van der Waals surface area contributed by atoms with Crippen molar-refractivity contribution in [1.29, 1.82) is 0 Å². The van der Waals surface area contributed by atoms with Gasteiger partial charge in [-0.05, 0) is 25.1 Å². The summed E-state index contributed by atoms with van der Waals surface area (Å²) in [5.41, 5.74) is -2.25. The zero-order valence-corrected chi connectivity index (χ0v) is 14.1. The van der Waals surface area contributed by atoms with Crippen molar-refractivity contribution < 1.29 is 31.1 Å². The summed E-state index contributed by atoms with van der Waals surface area (Å²) < 4.78 is 82.1. The first-order valence-electron chi connectivity index (χ1n) is 6.48. The Morgan fingerprint density at radius 3 is 2.21 bits per heavy atom. The zero-order valence-electron chi connectivity index (χ0n) is 12.0. The quantitative estimate of drug-likeness (QED) is 0.358. The predicted octanol–water partition coefficient (Wildman–Crippen LogP) is 5.18. The lowest BCUT2D eigenvalue weighted by Crippen LogP contribution is -2.11. The van der Waals surface area contributed by atoms with Gasteiger partial charge in [0, 0.05) is 28.2 Å². The highest BCUT2D eigenvalue weighted by Crippen LogP contribution is 2.39. The van der Waals surface area contributed by atoms with Crippen LogP contribution >= 0.6 is 22.6 Å². The van der Waals surface area contributed by atoms with Gasteiger partial charge in [0.2, 0.25) is 0 Å². The van der Waals surface area contributed by atoms with Crippen LogP contribution in [0, 0.1) is 3.83 Å². The van der Waals surface area contributed by atoms with Crippen LogP contribution in [-0.4, -0.2) is 16.6 Å². The van der Waals surface area contributed by atoms with E-state index in [9.17, 15) is 26.3 Å². The third-order valence-electron chi connectivity index (χ3n) is 2.87. The molecule has 0 aliphatic heterocycles. The van der Waals surface area contributed by atoms with Crippen LogP contribution < -0.4 is 4.74 Å². The molecular formula is C14H9F6IN2O. The maximum Gasteiger partial charge on any atom is 0.433 e. The molecule has 1 heterocycles. The summed E-state index contributed by atoms with van der Waals surface area (Å²) in [5, 5.41) is 0. The SMILES string of the molecule is CCOc1cc(-c2cc(C(F)(F)F)nc(I)n2)ccc1C(F)(F)F. The highest BCUT2D eigenvalue weighted by molar-refractivity contribution is 14.1. The van der Waals surface area contributed by atoms with Gasteiger partial charge in [0.15, 0.2) is 3.83 Å². The van der Waals surface area contributed by atoms with Crippen LogP contribution in [-0.2, 0) is 12.4 Å². The van der Waals surface area contributed by atoms with Crippen molar-refractivity contribution in [2.24, 2.45) is 0 Å². The molecule has 0 aliphatic carbocycles. The molecule has 0 spiro atoms. The molecule has 0 saturated carbocycles. The summed E-state index contributed by atoms with van der Waals surface area (Å²) in [7, 11) is 0. The minimum absolute atomic E-state index is 0.0261. The van der Waals surface area contributed by atoms with E-state index in [1.165, 1.54) is 29.5 Å². The van der Waals surface area contributed by atoms with Gasteiger partial charge in [0.05, 0.1) is 17.9 Å². The molecule has 1 aromatic heterocycles. The Balaban J connectivity index is 2.57. The number of hydrogen-bond acceptors (Lipinski definition) is 3. The molecule has 0 saturated heterocycles. The third kappa shape index (κ3) is 4.28. The van der Waals surface area contributed by atoms with E-state index in [0.29, 0.717) is 6.07 Å². The molecule has 2 rings (SSSR count). The predicted molar refractivity (Wildman–Crippen MR) is 81.4 cm³/mol. The second kappa shape index (κ2) is 6.73. The third-order valence-corrected chi connectivity index (χ3v) is 3.35. The van der Waals surface area contributed by atoms with E-state index in [4.69, 9.17) is 4.74 Å². The summed E-state index contributed by atoms with van der Waals surface area (Å²) in [6.07, 6.45) is -9.33. The molecule has 3 nitrogen and oxygen atoms in total. The molecule has 130 valence electrons. The maximum absolute atomic E-state index is 12.9. The van der Waals surface area contributed by atoms with Crippen LogP contribution in [0.2, 0.25) is 0 Å². The molecule has 2 aromatic rings. The second-order valence-corrected chi connectivity index (χ2v) is 5.51. The smallest absolute Gasteiger partial charge is 0.433 e. The standard InChI is InChI=1S/C14H9F6IN2O/c1-2-24-10-5-7(3-4-8(10)13(15,16)17)9-6-11(14(18,19)20)23-12(21)22-9/h3-6H,2H2,1H3. The molecule has 0 fully saturated rings. The first-order chi connectivity index (χ1) is 11.0. The van der Waals surface area contributed by atoms with Gasteiger partial charge in [-0.3, -0.25) is 0 Å². The second-order valence-electron chi connectivity index (χ2n) is 4.55. The van der Waals surface area contributed by atoms with Crippen LogP contribution in [0.3, 0.4) is 0 Å². The van der Waals surface area contributed by atoms with Gasteiger partial charge in [-0.15, -0.1) is 0 Å². The number of benzene rings is 1. The average Bonchev–Trinajstić information content (AvgIpc) is 2.45. The minimum Gasteiger partial charge on any atom is -0.493 e. The fourth-order valence-electron chi connectivity index (χ4n) is 1.90. The number of halogens is 7. The fourth-order valence-corrected chi connectivity index (χ4v) is 2.42. The Hall–Kier alpha value is -1.59.